The number of rotatable bonds is 8. The number of alkyl halides is 6. The van der Waals surface area contributed by atoms with Crippen LogP contribution in [0.1, 0.15) is 56.2 Å². The number of carbonyl (C=O) groups excluding carboxylic acids is 1. The Morgan fingerprint density at radius 3 is 2.18 bits per heavy atom. The maximum Gasteiger partial charge on any atom is 0.420 e. The van der Waals surface area contributed by atoms with E-state index in [0.717, 1.165) is 12.0 Å². The van der Waals surface area contributed by atoms with Gasteiger partial charge in [0.05, 0.1) is 0 Å². The molecule has 0 radical (unpaired) electrons. The van der Waals surface area contributed by atoms with Gasteiger partial charge in [0.25, 0.3) is 0 Å². The van der Waals surface area contributed by atoms with Gasteiger partial charge in [-0.1, -0.05) is 26.7 Å². The number of fused-ring (bicyclic) bond motifs is 1. The molecule has 4 nitrogen and oxygen atoms in total. The van der Waals surface area contributed by atoms with E-state index in [4.69, 9.17) is 4.74 Å². The van der Waals surface area contributed by atoms with Crippen LogP contribution in [0.2, 0.25) is 0 Å². The zero-order chi connectivity index (χ0) is 25.1. The summed E-state index contributed by atoms with van der Waals surface area (Å²) in [7, 11) is 0. The summed E-state index contributed by atoms with van der Waals surface area (Å²) in [6.45, 7) is 3.77. The molecule has 0 unspecified atom stereocenters. The van der Waals surface area contributed by atoms with Gasteiger partial charge in [-0.3, -0.25) is 4.79 Å². The van der Waals surface area contributed by atoms with Crippen molar-refractivity contribution in [2.45, 2.75) is 58.3 Å². The third-order valence-corrected chi connectivity index (χ3v) is 5.33. The molecule has 3 aromatic rings. The van der Waals surface area contributed by atoms with E-state index < -0.39 is 40.8 Å². The number of halogens is 6. The van der Waals surface area contributed by atoms with Crippen molar-refractivity contribution in [2.24, 2.45) is 0 Å². The summed E-state index contributed by atoms with van der Waals surface area (Å²) in [5.41, 5.74) is -2.33. The fourth-order valence-electron chi connectivity index (χ4n) is 3.62. The number of amides is 1. The fourth-order valence-corrected chi connectivity index (χ4v) is 3.62. The summed E-state index contributed by atoms with van der Waals surface area (Å²) in [6, 6.07) is 5.15. The number of hydrogen-bond donors (Lipinski definition) is 2. The van der Waals surface area contributed by atoms with Gasteiger partial charge in [0.2, 0.25) is 5.91 Å². The SMILES string of the molecule is CCCCCC(=O)Nc1cc(C(F)(F)F)c(Oc2ccc3[nH]cc(CC)c3c2)c(C(F)(F)F)c1. The predicted molar refractivity (Wildman–Crippen MR) is 117 cm³/mol. The first-order chi connectivity index (χ1) is 15.9. The molecule has 0 aliphatic rings. The molecule has 0 atom stereocenters. The lowest BCUT2D eigenvalue weighted by Crippen LogP contribution is -2.17. The first kappa shape index (κ1) is 25.5. The van der Waals surface area contributed by atoms with E-state index in [9.17, 15) is 31.1 Å². The second kappa shape index (κ2) is 9.99. The summed E-state index contributed by atoms with van der Waals surface area (Å²) < 4.78 is 88.3. The van der Waals surface area contributed by atoms with Crippen LogP contribution in [0.3, 0.4) is 0 Å². The number of anilines is 1. The Labute approximate surface area is 192 Å². The predicted octanol–water partition coefficient (Wildman–Crippen LogP) is 8.08. The molecule has 2 N–H and O–H groups in total. The lowest BCUT2D eigenvalue weighted by Gasteiger charge is -2.21. The molecule has 2 aromatic carbocycles. The van der Waals surface area contributed by atoms with E-state index in [0.29, 0.717) is 42.3 Å². The number of aryl methyl sites for hydroxylation is 1. The number of hydrogen-bond acceptors (Lipinski definition) is 2. The molecule has 10 heteroatoms. The molecular formula is C24H24F6N2O2. The van der Waals surface area contributed by atoms with Crippen LogP contribution in [-0.4, -0.2) is 10.9 Å². The van der Waals surface area contributed by atoms with Gasteiger partial charge in [0, 0.05) is 29.2 Å². The highest BCUT2D eigenvalue weighted by Crippen LogP contribution is 2.47. The van der Waals surface area contributed by atoms with Gasteiger partial charge in [-0.05, 0) is 48.7 Å². The minimum atomic E-state index is -5.16. The highest BCUT2D eigenvalue weighted by Gasteiger charge is 2.43. The summed E-state index contributed by atoms with van der Waals surface area (Å²) in [5, 5.41) is 2.79. The zero-order valence-corrected chi connectivity index (χ0v) is 18.6. The second-order valence-corrected chi connectivity index (χ2v) is 7.88. The van der Waals surface area contributed by atoms with Gasteiger partial charge in [0.15, 0.2) is 5.75 Å². The minimum absolute atomic E-state index is 0.00870. The maximum atomic E-state index is 13.8. The fraction of sp³-hybridized carbons (Fsp3) is 0.375. The Bertz CT molecular complexity index is 1130. The number of H-pyrrole nitrogens is 1. The number of nitrogens with one attached hydrogen (secondary N) is 2. The molecule has 1 amide bonds. The average molecular weight is 486 g/mol. The van der Waals surface area contributed by atoms with E-state index in [2.05, 4.69) is 10.3 Å². The summed E-state index contributed by atoms with van der Waals surface area (Å²) in [5.74, 6) is -2.19. The number of carbonyl (C=O) groups is 1. The first-order valence-electron chi connectivity index (χ1n) is 10.8. The minimum Gasteiger partial charge on any atom is -0.456 e. The zero-order valence-electron chi connectivity index (χ0n) is 18.6. The van der Waals surface area contributed by atoms with Crippen LogP contribution in [0.4, 0.5) is 32.0 Å². The topological polar surface area (TPSA) is 54.1 Å². The molecule has 1 aromatic heterocycles. The number of aromatic nitrogens is 1. The Hall–Kier alpha value is -3.17. The average Bonchev–Trinajstić information content (AvgIpc) is 3.15. The van der Waals surface area contributed by atoms with E-state index in [1.165, 1.54) is 18.2 Å². The van der Waals surface area contributed by atoms with Crippen molar-refractivity contribution in [3.8, 4) is 11.5 Å². The number of ether oxygens (including phenoxy) is 1. The van der Waals surface area contributed by atoms with Crippen LogP contribution in [0.15, 0.2) is 36.5 Å². The normalized spacial score (nSPS) is 12.2. The molecule has 1 heterocycles. The molecule has 0 saturated heterocycles. The van der Waals surface area contributed by atoms with Crippen molar-refractivity contribution in [3.63, 3.8) is 0 Å². The quantitative estimate of drug-likeness (QED) is 0.250. The Morgan fingerprint density at radius 1 is 0.971 bits per heavy atom. The van der Waals surface area contributed by atoms with Gasteiger partial charge in [0.1, 0.15) is 16.9 Å². The number of aromatic amines is 1. The van der Waals surface area contributed by atoms with Crippen molar-refractivity contribution < 1.29 is 35.9 Å². The second-order valence-electron chi connectivity index (χ2n) is 7.88. The van der Waals surface area contributed by atoms with Crippen molar-refractivity contribution >= 4 is 22.5 Å². The Kier molecular flexibility index (Phi) is 7.48. The third-order valence-electron chi connectivity index (χ3n) is 5.33. The van der Waals surface area contributed by atoms with Crippen LogP contribution in [-0.2, 0) is 23.6 Å². The molecule has 0 bridgehead atoms. The van der Waals surface area contributed by atoms with Gasteiger partial charge in [-0.2, -0.15) is 26.3 Å². The van der Waals surface area contributed by atoms with E-state index in [1.807, 2.05) is 13.8 Å². The Morgan fingerprint density at radius 2 is 1.62 bits per heavy atom. The molecule has 34 heavy (non-hydrogen) atoms. The molecule has 3 rings (SSSR count). The molecule has 0 saturated carbocycles. The molecule has 0 fully saturated rings. The lowest BCUT2D eigenvalue weighted by molar-refractivity contribution is -0.145. The lowest BCUT2D eigenvalue weighted by atomic mass is 10.1. The van der Waals surface area contributed by atoms with E-state index in [-0.39, 0.29) is 12.2 Å². The van der Waals surface area contributed by atoms with Crippen LogP contribution in [0.5, 0.6) is 11.5 Å². The monoisotopic (exact) mass is 486 g/mol. The summed E-state index contributed by atoms with van der Waals surface area (Å²) in [4.78, 5) is 15.0. The highest BCUT2D eigenvalue weighted by molar-refractivity contribution is 5.91. The molecular weight excluding hydrogens is 462 g/mol. The molecule has 184 valence electrons. The summed E-state index contributed by atoms with van der Waals surface area (Å²) >= 11 is 0. The van der Waals surface area contributed by atoms with Crippen LogP contribution < -0.4 is 10.1 Å². The van der Waals surface area contributed by atoms with Gasteiger partial charge >= 0.3 is 12.4 Å². The first-order valence-corrected chi connectivity index (χ1v) is 10.8. The molecule has 0 spiro atoms. The van der Waals surface area contributed by atoms with Crippen molar-refractivity contribution in [2.75, 3.05) is 5.32 Å². The maximum absolute atomic E-state index is 13.8. The highest BCUT2D eigenvalue weighted by atomic mass is 19.4. The largest absolute Gasteiger partial charge is 0.456 e. The van der Waals surface area contributed by atoms with Crippen LogP contribution in [0, 0.1) is 0 Å². The number of unbranched alkanes of at least 4 members (excludes halogenated alkanes) is 2. The van der Waals surface area contributed by atoms with Crippen LogP contribution in [0.25, 0.3) is 10.9 Å². The number of benzene rings is 2. The smallest absolute Gasteiger partial charge is 0.420 e. The van der Waals surface area contributed by atoms with Crippen molar-refractivity contribution in [3.05, 3.63) is 53.2 Å². The van der Waals surface area contributed by atoms with Gasteiger partial charge in [-0.15, -0.1) is 0 Å². The van der Waals surface area contributed by atoms with Crippen molar-refractivity contribution in [1.29, 1.82) is 0 Å². The van der Waals surface area contributed by atoms with E-state index in [1.54, 1.807) is 6.20 Å². The summed E-state index contributed by atoms with van der Waals surface area (Å²) in [6.07, 6.45) is -6.01. The standard InChI is InChI=1S/C24H24F6N2O2/c1-3-5-6-7-21(33)32-15-10-18(23(25,26)27)22(19(11-15)24(28,29)30)34-16-8-9-20-17(12-16)14(4-2)13-31-20/h8-13,31H,3-7H2,1-2H3,(H,32,33). The molecule has 0 aliphatic carbocycles. The van der Waals surface area contributed by atoms with Gasteiger partial charge in [-0.25, -0.2) is 0 Å². The third kappa shape index (κ3) is 5.84. The Balaban J connectivity index is 2.07. The van der Waals surface area contributed by atoms with E-state index >= 15 is 0 Å². The molecule has 0 aliphatic heterocycles. The van der Waals surface area contributed by atoms with Crippen molar-refractivity contribution in [1.82, 2.24) is 4.98 Å². The van der Waals surface area contributed by atoms with Crippen LogP contribution >= 0.6 is 0 Å². The van der Waals surface area contributed by atoms with Gasteiger partial charge < -0.3 is 15.0 Å².